The zero-order chi connectivity index (χ0) is 25.5. The number of hydrogen-bond acceptors (Lipinski definition) is 6. The van der Waals surface area contributed by atoms with E-state index in [9.17, 15) is 48.0 Å². The number of carbonyl (C=O) groups excluding carboxylic acids is 1. The highest BCUT2D eigenvalue weighted by molar-refractivity contribution is 7.90. The van der Waals surface area contributed by atoms with Gasteiger partial charge < -0.3 is 9.64 Å². The van der Waals surface area contributed by atoms with Crippen molar-refractivity contribution in [2.45, 2.75) is 16.4 Å². The van der Waals surface area contributed by atoms with E-state index >= 15 is 0 Å². The zero-order valence-electron chi connectivity index (χ0n) is 16.3. The molecule has 0 saturated carbocycles. The summed E-state index contributed by atoms with van der Waals surface area (Å²) in [6, 6.07) is 5.89. The smallest absolute Gasteiger partial charge is 0.410 e. The summed E-state index contributed by atoms with van der Waals surface area (Å²) in [6.45, 7) is 0.210. The van der Waals surface area contributed by atoms with Crippen LogP contribution in [-0.4, -0.2) is 79.3 Å². The molecule has 9 nitrogen and oxygen atoms in total. The van der Waals surface area contributed by atoms with Gasteiger partial charge >= 0.3 is 32.6 Å². The number of sulfonamides is 1. The minimum Gasteiger partial charge on any atom is -0.410 e. The Kier molecular flexibility index (Phi) is 7.14. The van der Waals surface area contributed by atoms with Gasteiger partial charge in [-0.15, -0.1) is 0 Å². The number of rotatable bonds is 7. The highest BCUT2D eigenvalue weighted by Gasteiger charge is 2.82. The van der Waals surface area contributed by atoms with Crippen LogP contribution in [0.3, 0.4) is 0 Å². The molecule has 1 aliphatic heterocycles. The Morgan fingerprint density at radius 2 is 1.42 bits per heavy atom. The van der Waals surface area contributed by atoms with Crippen molar-refractivity contribution in [2.24, 2.45) is 0 Å². The first-order valence-corrected chi connectivity index (χ1v) is 11.6. The fourth-order valence-electron chi connectivity index (χ4n) is 2.60. The molecule has 1 aromatic carbocycles. The second-order valence-corrected chi connectivity index (χ2v) is 10.1. The predicted molar refractivity (Wildman–Crippen MR) is 101 cm³/mol. The van der Waals surface area contributed by atoms with Crippen molar-refractivity contribution in [3.8, 4) is 5.75 Å². The van der Waals surface area contributed by atoms with Crippen LogP contribution in [0.25, 0.3) is 6.08 Å². The Hall–Kier alpha value is -2.37. The van der Waals surface area contributed by atoms with Crippen LogP contribution >= 0.6 is 0 Å². The maximum absolute atomic E-state index is 14.0. The van der Waals surface area contributed by atoms with E-state index in [1.54, 1.807) is 12.1 Å². The molecule has 1 fully saturated rings. The third-order valence-corrected chi connectivity index (χ3v) is 7.39. The predicted octanol–water partition coefficient (Wildman–Crippen LogP) is 2.48. The first-order valence-electron chi connectivity index (χ1n) is 8.69. The summed E-state index contributed by atoms with van der Waals surface area (Å²) in [6.07, 6.45) is 0.476. The number of hydrogen-bond donors (Lipinski definition) is 1. The molecule has 17 heteroatoms. The molecule has 186 valence electrons. The molecule has 1 aliphatic rings. The largest absolute Gasteiger partial charge is 0.439 e. The van der Waals surface area contributed by atoms with E-state index in [-0.39, 0.29) is 10.1 Å². The van der Waals surface area contributed by atoms with Crippen LogP contribution in [-0.2, 0) is 20.1 Å². The van der Waals surface area contributed by atoms with E-state index < -0.39 is 68.8 Å². The van der Waals surface area contributed by atoms with Gasteiger partial charge in [0.05, 0.1) is 0 Å². The highest BCUT2D eigenvalue weighted by Crippen LogP contribution is 2.51. The number of halogens is 6. The van der Waals surface area contributed by atoms with Gasteiger partial charge in [-0.05, 0) is 17.7 Å². The molecule has 1 amide bonds. The first-order chi connectivity index (χ1) is 14.9. The Morgan fingerprint density at radius 3 is 1.85 bits per heavy atom. The van der Waals surface area contributed by atoms with E-state index in [1.165, 1.54) is 18.2 Å². The molecule has 1 saturated heterocycles. The van der Waals surface area contributed by atoms with E-state index in [4.69, 9.17) is 9.29 Å². The molecule has 1 N–H and O–H groups in total. The quantitative estimate of drug-likeness (QED) is 0.428. The van der Waals surface area contributed by atoms with Crippen LogP contribution in [0.2, 0.25) is 0 Å². The lowest BCUT2D eigenvalue weighted by atomic mass is 10.2. The molecule has 0 bridgehead atoms. The van der Waals surface area contributed by atoms with Crippen LogP contribution in [0.5, 0.6) is 5.75 Å². The van der Waals surface area contributed by atoms with Gasteiger partial charge in [0.2, 0.25) is 0 Å². The molecular formula is C16H16F6N2O7S2. The summed E-state index contributed by atoms with van der Waals surface area (Å²) in [5.74, 6) is -6.96. The topological polar surface area (TPSA) is 121 Å². The number of nitrogens with zero attached hydrogens (tertiary/aromatic N) is 2. The van der Waals surface area contributed by atoms with Crippen LogP contribution in [0.4, 0.5) is 31.1 Å². The molecule has 0 atom stereocenters. The lowest BCUT2D eigenvalue weighted by Gasteiger charge is -2.37. The summed E-state index contributed by atoms with van der Waals surface area (Å²) in [5, 5.41) is -13.4. The van der Waals surface area contributed by atoms with Gasteiger partial charge in [-0.1, -0.05) is 24.8 Å². The van der Waals surface area contributed by atoms with Crippen molar-refractivity contribution in [3.63, 3.8) is 0 Å². The van der Waals surface area contributed by atoms with Gasteiger partial charge in [0.25, 0.3) is 10.0 Å². The first kappa shape index (κ1) is 26.9. The Labute approximate surface area is 184 Å². The maximum atomic E-state index is 14.0. The molecule has 0 aromatic heterocycles. The summed E-state index contributed by atoms with van der Waals surface area (Å²) < 4.78 is 140. The number of piperazine rings is 1. The van der Waals surface area contributed by atoms with Gasteiger partial charge in [0.15, 0.2) is 0 Å². The standard InChI is InChI=1S/C16H16F6N2O7S2/c1-2-11-3-5-12(6-4-11)31-13(25)23-7-9-24(10-8-23)32(26,27)15(19,20)14(17,18)16(21,22)33(28,29)30/h2-6H,1,7-10H2,(H,28,29,30). The Bertz CT molecular complexity index is 1120. The summed E-state index contributed by atoms with van der Waals surface area (Å²) in [7, 11) is -13.7. The van der Waals surface area contributed by atoms with Crippen LogP contribution in [0.15, 0.2) is 30.8 Å². The SMILES string of the molecule is C=Cc1ccc(OC(=O)N2CCN(S(=O)(=O)C(F)(F)C(F)(F)C(F)(F)S(=O)(=O)O)CC2)cc1. The molecule has 0 spiro atoms. The van der Waals surface area contributed by atoms with Crippen LogP contribution in [0, 0.1) is 0 Å². The second kappa shape index (κ2) is 8.77. The minimum absolute atomic E-state index is 0.0688. The van der Waals surface area contributed by atoms with E-state index in [1.807, 2.05) is 0 Å². The molecule has 2 rings (SSSR count). The van der Waals surface area contributed by atoms with Gasteiger partial charge in [0.1, 0.15) is 5.75 Å². The number of ether oxygens (including phenoxy) is 1. The molecule has 1 heterocycles. The Balaban J connectivity index is 2.14. The maximum Gasteiger partial charge on any atom is 0.439 e. The van der Waals surface area contributed by atoms with Gasteiger partial charge in [-0.25, -0.2) is 13.2 Å². The molecular weight excluding hydrogens is 510 g/mol. The number of alkyl halides is 6. The third kappa shape index (κ3) is 4.67. The second-order valence-electron chi connectivity index (χ2n) is 6.62. The monoisotopic (exact) mass is 526 g/mol. The number of benzene rings is 1. The normalized spacial score (nSPS) is 17.0. The van der Waals surface area contributed by atoms with Crippen LogP contribution in [0.1, 0.15) is 5.56 Å². The van der Waals surface area contributed by atoms with Crippen molar-refractivity contribution >= 4 is 32.3 Å². The summed E-state index contributed by atoms with van der Waals surface area (Å²) in [5.41, 5.74) is 0.700. The minimum atomic E-state index is -7.11. The number of carbonyl (C=O) groups is 1. The van der Waals surface area contributed by atoms with Crippen LogP contribution < -0.4 is 4.74 Å². The average molecular weight is 526 g/mol. The van der Waals surface area contributed by atoms with Gasteiger partial charge in [-0.2, -0.15) is 39.1 Å². The molecule has 0 aliphatic carbocycles. The van der Waals surface area contributed by atoms with Gasteiger partial charge in [0, 0.05) is 26.2 Å². The van der Waals surface area contributed by atoms with Crippen molar-refractivity contribution in [1.82, 2.24) is 9.21 Å². The van der Waals surface area contributed by atoms with E-state index in [0.717, 1.165) is 4.90 Å². The van der Waals surface area contributed by atoms with Crippen molar-refractivity contribution < 1.29 is 57.3 Å². The highest BCUT2D eigenvalue weighted by atomic mass is 32.2. The third-order valence-electron chi connectivity index (χ3n) is 4.54. The number of amides is 1. The average Bonchev–Trinajstić information content (AvgIpc) is 2.73. The fourth-order valence-corrected chi connectivity index (χ4v) is 4.54. The van der Waals surface area contributed by atoms with Crippen molar-refractivity contribution in [3.05, 3.63) is 36.4 Å². The van der Waals surface area contributed by atoms with Gasteiger partial charge in [-0.3, -0.25) is 4.55 Å². The zero-order valence-corrected chi connectivity index (χ0v) is 17.9. The Morgan fingerprint density at radius 1 is 0.939 bits per heavy atom. The van der Waals surface area contributed by atoms with E-state index in [2.05, 4.69) is 6.58 Å². The lowest BCUT2D eigenvalue weighted by molar-refractivity contribution is -0.247. The molecule has 33 heavy (non-hydrogen) atoms. The molecule has 0 radical (unpaired) electrons. The van der Waals surface area contributed by atoms with Crippen molar-refractivity contribution in [2.75, 3.05) is 26.2 Å². The lowest BCUT2D eigenvalue weighted by Crippen LogP contribution is -2.64. The van der Waals surface area contributed by atoms with E-state index in [0.29, 0.717) is 5.56 Å². The molecule has 1 aromatic rings. The summed E-state index contributed by atoms with van der Waals surface area (Å²) in [4.78, 5) is 13.0. The van der Waals surface area contributed by atoms with Crippen molar-refractivity contribution in [1.29, 1.82) is 0 Å². The fraction of sp³-hybridized carbons (Fsp3) is 0.438. The summed E-state index contributed by atoms with van der Waals surface area (Å²) >= 11 is 0. The molecule has 0 unspecified atom stereocenters.